The highest BCUT2D eigenvalue weighted by Crippen LogP contribution is 2.46. The normalized spacial score (nSPS) is 11.7. The minimum Gasteiger partial charge on any atom is -0.275 e. The van der Waals surface area contributed by atoms with Gasteiger partial charge in [0, 0.05) is 66.2 Å². The summed E-state index contributed by atoms with van der Waals surface area (Å²) in [6.07, 6.45) is 0. The van der Waals surface area contributed by atoms with Crippen LogP contribution < -0.4 is 0 Å². The van der Waals surface area contributed by atoms with Gasteiger partial charge in [-0.15, -0.1) is 0 Å². The van der Waals surface area contributed by atoms with Crippen LogP contribution in [0, 0.1) is 0 Å². The summed E-state index contributed by atoms with van der Waals surface area (Å²) in [5, 5.41) is 2.82. The fraction of sp³-hybridized carbons (Fsp3) is 0. The lowest BCUT2D eigenvalue weighted by atomic mass is 9.94. The van der Waals surface area contributed by atoms with Crippen LogP contribution in [0.2, 0.25) is 0 Å². The van der Waals surface area contributed by atoms with E-state index in [-0.39, 0.29) is 0 Å². The van der Waals surface area contributed by atoms with E-state index in [1.807, 2.05) is 36.4 Å². The predicted octanol–water partition coefficient (Wildman–Crippen LogP) is 17.3. The number of para-hydroxylation sites is 3. The van der Waals surface area contributed by atoms with Crippen molar-refractivity contribution in [3.8, 4) is 102 Å². The Morgan fingerprint density at radius 2 is 0.420 bits per heavy atom. The first-order valence-corrected chi connectivity index (χ1v) is 27.1. The summed E-state index contributed by atoms with van der Waals surface area (Å²) in [6.45, 7) is 0. The maximum atomic E-state index is 5.83. The molecule has 0 aliphatic rings. The predicted molar refractivity (Wildman–Crippen MR) is 328 cm³/mol. The van der Waals surface area contributed by atoms with Crippen molar-refractivity contribution in [3.05, 3.63) is 273 Å². The van der Waals surface area contributed by atoms with E-state index in [9.17, 15) is 0 Å². The summed E-state index contributed by atoms with van der Waals surface area (Å²) in [4.78, 5) is 33.8. The fourth-order valence-corrected chi connectivity index (χ4v) is 11.8. The van der Waals surface area contributed by atoms with E-state index in [4.69, 9.17) is 29.9 Å². The zero-order valence-corrected chi connectivity index (χ0v) is 43.5. The molecule has 0 fully saturated rings. The second kappa shape index (κ2) is 18.8. The molecular weight excluding hydrogens is 991 g/mol. The van der Waals surface area contributed by atoms with Gasteiger partial charge < -0.3 is 0 Å². The van der Waals surface area contributed by atoms with E-state index < -0.39 is 0 Å². The number of fused-ring (bicyclic) bond motifs is 9. The summed E-state index contributed by atoms with van der Waals surface area (Å²) in [7, 11) is 0. The molecule has 16 rings (SSSR count). The molecule has 0 unspecified atom stereocenters. The Kier molecular flexibility index (Phi) is 10.7. The molecule has 81 heavy (non-hydrogen) atoms. The van der Waals surface area contributed by atoms with Crippen LogP contribution in [0.25, 0.3) is 151 Å². The number of aromatic nitrogens is 9. The molecule has 9 heteroatoms. The van der Waals surface area contributed by atoms with Crippen molar-refractivity contribution >= 4 is 49.7 Å². The number of nitrogens with zero attached hydrogens (tertiary/aromatic N) is 9. The average molecular weight is 1040 g/mol. The lowest BCUT2D eigenvalue weighted by Crippen LogP contribution is -2.00. The van der Waals surface area contributed by atoms with Crippen LogP contribution in [0.1, 0.15) is 0 Å². The molecule has 10 aromatic carbocycles. The van der Waals surface area contributed by atoms with E-state index in [0.29, 0.717) is 0 Å². The van der Waals surface area contributed by atoms with E-state index in [1.54, 1.807) is 0 Å². The number of benzene rings is 10. The molecule has 6 aromatic heterocycles. The van der Waals surface area contributed by atoms with Crippen molar-refractivity contribution in [1.82, 2.24) is 43.1 Å². The minimum absolute atomic E-state index is 0.781. The van der Waals surface area contributed by atoms with Gasteiger partial charge in [0.15, 0.2) is 0 Å². The summed E-state index contributed by atoms with van der Waals surface area (Å²) < 4.78 is 6.76. The van der Waals surface area contributed by atoms with Crippen LogP contribution in [0.5, 0.6) is 0 Å². The molecular formula is C72H45N9. The molecule has 0 spiro atoms. The summed E-state index contributed by atoms with van der Waals surface area (Å²) in [5.74, 6) is 2.37. The molecule has 0 aliphatic heterocycles. The quantitative estimate of drug-likeness (QED) is 0.143. The molecule has 9 nitrogen and oxygen atoms in total. The van der Waals surface area contributed by atoms with Gasteiger partial charge in [0.2, 0.25) is 0 Å². The summed E-state index contributed by atoms with van der Waals surface area (Å²) in [5.41, 5.74) is 18.5. The van der Waals surface area contributed by atoms with Crippen molar-refractivity contribution in [2.75, 3.05) is 0 Å². The highest BCUT2D eigenvalue weighted by Gasteiger charge is 2.29. The third-order valence-electron chi connectivity index (χ3n) is 15.4. The first kappa shape index (κ1) is 46.0. The van der Waals surface area contributed by atoms with Gasteiger partial charge in [0.05, 0.1) is 50.7 Å². The number of rotatable bonds is 9. The maximum Gasteiger partial charge on any atom is 0.149 e. The monoisotopic (exact) mass is 1040 g/mol. The first-order chi connectivity index (χ1) is 40.2. The molecule has 6 heterocycles. The van der Waals surface area contributed by atoms with Crippen LogP contribution >= 0.6 is 0 Å². The maximum absolute atomic E-state index is 5.83. The fourth-order valence-electron chi connectivity index (χ4n) is 11.8. The van der Waals surface area contributed by atoms with Gasteiger partial charge in [-0.3, -0.25) is 13.2 Å². The molecule has 0 atom stereocenters. The van der Waals surface area contributed by atoms with Crippen molar-refractivity contribution < 1.29 is 0 Å². The van der Waals surface area contributed by atoms with Crippen LogP contribution in [0.3, 0.4) is 0 Å². The lowest BCUT2D eigenvalue weighted by molar-refractivity contribution is 1.13. The van der Waals surface area contributed by atoms with Gasteiger partial charge >= 0.3 is 0 Å². The van der Waals surface area contributed by atoms with Crippen molar-refractivity contribution in [1.29, 1.82) is 0 Å². The minimum atomic E-state index is 0.781. The Morgan fingerprint density at radius 1 is 0.198 bits per heavy atom. The van der Waals surface area contributed by atoms with Crippen LogP contribution in [-0.2, 0) is 0 Å². The molecule has 0 saturated carbocycles. The van der Waals surface area contributed by atoms with Gasteiger partial charge in [-0.1, -0.05) is 218 Å². The van der Waals surface area contributed by atoms with E-state index >= 15 is 0 Å². The van der Waals surface area contributed by atoms with Crippen LogP contribution in [-0.4, -0.2) is 43.1 Å². The number of hydrogen-bond donors (Lipinski definition) is 0. The Labute approximate surface area is 465 Å². The van der Waals surface area contributed by atoms with E-state index in [2.05, 4.69) is 250 Å². The van der Waals surface area contributed by atoms with E-state index in [1.165, 1.54) is 0 Å². The van der Waals surface area contributed by atoms with Crippen molar-refractivity contribution in [2.24, 2.45) is 0 Å². The molecule has 0 bridgehead atoms. The molecule has 0 amide bonds. The van der Waals surface area contributed by atoms with Gasteiger partial charge in [-0.05, 0) is 54.6 Å². The Morgan fingerprint density at radius 3 is 0.679 bits per heavy atom. The lowest BCUT2D eigenvalue weighted by Gasteiger charge is -2.15. The summed E-state index contributed by atoms with van der Waals surface area (Å²) >= 11 is 0. The SMILES string of the molecule is c1ccc(-c2nc3ccccc3c3nc(-c4cc(-c5nc6c7ccccc7nc(-c7ccccc7)n6c5-c5ccccc5)cc(-c5nc6c7ccccc7nc(-c7ccccc7)n6c5-c5ccccc5)c4)c(-c4ccccc4)n23)cc1. The third-order valence-corrected chi connectivity index (χ3v) is 15.4. The Hall–Kier alpha value is -11.2. The van der Waals surface area contributed by atoms with Gasteiger partial charge in [0.1, 0.15) is 34.4 Å². The molecule has 0 N–H and O–H groups in total. The highest BCUT2D eigenvalue weighted by atomic mass is 15.1. The first-order valence-electron chi connectivity index (χ1n) is 27.1. The second-order valence-corrected chi connectivity index (χ2v) is 20.3. The highest BCUT2D eigenvalue weighted by molar-refractivity contribution is 6.03. The van der Waals surface area contributed by atoms with Gasteiger partial charge in [-0.2, -0.15) is 0 Å². The zero-order valence-electron chi connectivity index (χ0n) is 43.5. The smallest absolute Gasteiger partial charge is 0.149 e. The second-order valence-electron chi connectivity index (χ2n) is 20.3. The largest absolute Gasteiger partial charge is 0.275 e. The Bertz CT molecular complexity index is 4550. The topological polar surface area (TPSA) is 90.6 Å². The molecule has 0 radical (unpaired) electrons. The summed E-state index contributed by atoms with van der Waals surface area (Å²) in [6, 6.07) is 94.7. The Balaban J connectivity index is 1.09. The molecule has 0 saturated heterocycles. The number of hydrogen-bond acceptors (Lipinski definition) is 6. The van der Waals surface area contributed by atoms with Gasteiger partial charge in [-0.25, -0.2) is 29.9 Å². The van der Waals surface area contributed by atoms with Crippen molar-refractivity contribution in [2.45, 2.75) is 0 Å². The molecule has 0 aliphatic carbocycles. The molecule has 378 valence electrons. The van der Waals surface area contributed by atoms with Crippen molar-refractivity contribution in [3.63, 3.8) is 0 Å². The van der Waals surface area contributed by atoms with E-state index in [0.717, 1.165) is 151 Å². The average Bonchev–Trinajstić information content (AvgIpc) is 4.41. The standard InChI is InChI=1S/C72H45N9/c1-7-25-46(26-8-1)64-61(76-70-55-37-19-22-40-58(55)73-67(79(64)70)49-31-13-4-14-32-49)52-43-53(62-65(47-27-9-2-10-28-47)80-68(50-33-15-5-16-34-50)74-59-41-23-20-38-56(59)71(80)77-62)45-54(44-52)63-66(48-29-11-3-12-30-48)81-69(51-35-17-6-18-36-51)75-60-42-24-21-39-57(60)72(81)78-63/h1-45H. The van der Waals surface area contributed by atoms with Gasteiger partial charge in [0.25, 0.3) is 0 Å². The molecule has 16 aromatic rings. The van der Waals surface area contributed by atoms with Crippen LogP contribution in [0.4, 0.5) is 0 Å². The third kappa shape index (κ3) is 7.55. The van der Waals surface area contributed by atoms with Crippen LogP contribution in [0.15, 0.2) is 273 Å². The zero-order chi connectivity index (χ0) is 53.4. The number of imidazole rings is 3.